The number of nitrogens with zero attached hydrogens (tertiary/aromatic N) is 3. The quantitative estimate of drug-likeness (QED) is 0.224. The van der Waals surface area contributed by atoms with E-state index in [-0.39, 0.29) is 18.9 Å². The fourth-order valence-corrected chi connectivity index (χ4v) is 3.22. The monoisotopic (exact) mass is 495 g/mol. The minimum Gasteiger partial charge on any atom is -0.493 e. The fourth-order valence-electron chi connectivity index (χ4n) is 2.80. The van der Waals surface area contributed by atoms with Gasteiger partial charge in [0.05, 0.1) is 29.9 Å². The van der Waals surface area contributed by atoms with Gasteiger partial charge in [-0.3, -0.25) is 10.1 Å². The third-order valence-corrected chi connectivity index (χ3v) is 5.11. The molecule has 0 radical (unpaired) electrons. The molecule has 3 aromatic carbocycles. The van der Waals surface area contributed by atoms with Crippen molar-refractivity contribution >= 4 is 27.8 Å². The molecule has 0 aliphatic rings. The number of oxime groups is 1. The van der Waals surface area contributed by atoms with E-state index < -0.39 is 4.92 Å². The Kier molecular flexibility index (Phi) is 7.78. The molecule has 0 aromatic heterocycles. The maximum absolute atomic E-state index is 10.8. The van der Waals surface area contributed by atoms with E-state index in [2.05, 4.69) is 27.2 Å². The van der Waals surface area contributed by atoms with Crippen molar-refractivity contribution in [1.29, 1.82) is 5.26 Å². The van der Waals surface area contributed by atoms with Crippen LogP contribution in [0.5, 0.6) is 11.5 Å². The van der Waals surface area contributed by atoms with Crippen molar-refractivity contribution in [3.05, 3.63) is 97.5 Å². The number of halogens is 1. The van der Waals surface area contributed by atoms with E-state index in [0.29, 0.717) is 32.7 Å². The number of rotatable bonds is 9. The maximum Gasteiger partial charge on any atom is 0.269 e. The number of ether oxygens (including phenoxy) is 2. The highest BCUT2D eigenvalue weighted by Crippen LogP contribution is 2.33. The predicted octanol–water partition coefficient (Wildman–Crippen LogP) is 5.37. The van der Waals surface area contributed by atoms with Crippen LogP contribution in [-0.4, -0.2) is 18.2 Å². The van der Waals surface area contributed by atoms with E-state index in [4.69, 9.17) is 14.3 Å². The molecular formula is C23H18BrN3O5. The van der Waals surface area contributed by atoms with E-state index in [1.165, 1.54) is 25.5 Å². The summed E-state index contributed by atoms with van der Waals surface area (Å²) >= 11 is 3.48. The van der Waals surface area contributed by atoms with Gasteiger partial charge in [0, 0.05) is 27.7 Å². The van der Waals surface area contributed by atoms with Crippen molar-refractivity contribution in [1.82, 2.24) is 0 Å². The van der Waals surface area contributed by atoms with Crippen LogP contribution >= 0.6 is 15.9 Å². The van der Waals surface area contributed by atoms with Crippen LogP contribution in [0.4, 0.5) is 5.69 Å². The molecule has 0 unspecified atom stereocenters. The van der Waals surface area contributed by atoms with Crippen LogP contribution in [0, 0.1) is 21.4 Å². The van der Waals surface area contributed by atoms with Gasteiger partial charge in [-0.05, 0) is 39.7 Å². The van der Waals surface area contributed by atoms with Crippen molar-refractivity contribution in [3.8, 4) is 17.6 Å². The van der Waals surface area contributed by atoms with Crippen LogP contribution in [0.2, 0.25) is 0 Å². The molecule has 0 amide bonds. The number of methoxy groups -OCH3 is 1. The standard InChI is InChI=1S/C23H18BrN3O5/c1-30-22-10-19(13-26-32-14-16-5-4-8-20(9-16)27(28)29)21(24)11-23(22)31-15-18-7-3-2-6-17(18)12-25/h2-11,13H,14-15H2,1H3/b26-13-. The number of non-ortho nitro benzene ring substituents is 1. The zero-order valence-electron chi connectivity index (χ0n) is 17.0. The summed E-state index contributed by atoms with van der Waals surface area (Å²) in [4.78, 5) is 15.7. The van der Waals surface area contributed by atoms with E-state index in [9.17, 15) is 15.4 Å². The lowest BCUT2D eigenvalue weighted by molar-refractivity contribution is -0.384. The molecule has 0 saturated carbocycles. The van der Waals surface area contributed by atoms with Crippen molar-refractivity contribution in [2.24, 2.45) is 5.16 Å². The topological polar surface area (TPSA) is 107 Å². The highest BCUT2D eigenvalue weighted by atomic mass is 79.9. The molecule has 3 aromatic rings. The van der Waals surface area contributed by atoms with Gasteiger partial charge in [0.15, 0.2) is 11.5 Å². The van der Waals surface area contributed by atoms with Gasteiger partial charge in [-0.1, -0.05) is 35.5 Å². The molecule has 162 valence electrons. The molecule has 0 heterocycles. The summed E-state index contributed by atoms with van der Waals surface area (Å²) in [6.07, 6.45) is 1.50. The van der Waals surface area contributed by atoms with Crippen LogP contribution in [-0.2, 0) is 18.1 Å². The molecule has 0 bridgehead atoms. The third-order valence-electron chi connectivity index (χ3n) is 4.42. The Balaban J connectivity index is 1.67. The van der Waals surface area contributed by atoms with E-state index in [1.54, 1.807) is 36.4 Å². The predicted molar refractivity (Wildman–Crippen MR) is 122 cm³/mol. The number of benzene rings is 3. The van der Waals surface area contributed by atoms with Gasteiger partial charge in [0.1, 0.15) is 13.2 Å². The summed E-state index contributed by atoms with van der Waals surface area (Å²) < 4.78 is 12.0. The summed E-state index contributed by atoms with van der Waals surface area (Å²) in [6.45, 7) is 0.304. The Hall–Kier alpha value is -3.90. The second kappa shape index (κ2) is 10.9. The summed E-state index contributed by atoms with van der Waals surface area (Å²) in [7, 11) is 1.53. The molecule has 0 saturated heterocycles. The van der Waals surface area contributed by atoms with Gasteiger partial charge in [-0.15, -0.1) is 0 Å². The fraction of sp³-hybridized carbons (Fsp3) is 0.130. The van der Waals surface area contributed by atoms with Crippen LogP contribution in [0.3, 0.4) is 0 Å². The van der Waals surface area contributed by atoms with Crippen LogP contribution in [0.15, 0.2) is 70.3 Å². The SMILES string of the molecule is COc1cc(/C=N\OCc2cccc([N+](=O)[O-])c2)c(Br)cc1OCc1ccccc1C#N. The molecule has 0 spiro atoms. The second-order valence-electron chi connectivity index (χ2n) is 6.52. The Bertz CT molecular complexity index is 1190. The van der Waals surface area contributed by atoms with Crippen LogP contribution in [0.1, 0.15) is 22.3 Å². The highest BCUT2D eigenvalue weighted by molar-refractivity contribution is 9.10. The highest BCUT2D eigenvalue weighted by Gasteiger charge is 2.11. The first kappa shape index (κ1) is 22.8. The largest absolute Gasteiger partial charge is 0.493 e. The zero-order chi connectivity index (χ0) is 22.9. The summed E-state index contributed by atoms with van der Waals surface area (Å²) in [5, 5.41) is 24.0. The third kappa shape index (κ3) is 5.83. The van der Waals surface area contributed by atoms with Crippen molar-refractivity contribution in [2.45, 2.75) is 13.2 Å². The molecule has 9 heteroatoms. The Morgan fingerprint density at radius 3 is 2.69 bits per heavy atom. The lowest BCUT2D eigenvalue weighted by Crippen LogP contribution is -2.01. The van der Waals surface area contributed by atoms with Crippen molar-refractivity contribution in [3.63, 3.8) is 0 Å². The molecule has 32 heavy (non-hydrogen) atoms. The summed E-state index contributed by atoms with van der Waals surface area (Å²) in [5.41, 5.74) is 2.64. The average Bonchev–Trinajstić information content (AvgIpc) is 2.81. The number of nitriles is 1. The maximum atomic E-state index is 10.8. The van der Waals surface area contributed by atoms with E-state index in [0.717, 1.165) is 5.56 Å². The summed E-state index contributed by atoms with van der Waals surface area (Å²) in [5.74, 6) is 0.990. The number of hydrogen-bond acceptors (Lipinski definition) is 7. The molecule has 0 N–H and O–H groups in total. The molecule has 0 atom stereocenters. The van der Waals surface area contributed by atoms with Crippen molar-refractivity contribution < 1.29 is 19.2 Å². The molecule has 0 aliphatic carbocycles. The average molecular weight is 496 g/mol. The van der Waals surface area contributed by atoms with Gasteiger partial charge in [0.2, 0.25) is 0 Å². The molecule has 3 rings (SSSR count). The lowest BCUT2D eigenvalue weighted by Gasteiger charge is -2.13. The van der Waals surface area contributed by atoms with Crippen molar-refractivity contribution in [2.75, 3.05) is 7.11 Å². The smallest absolute Gasteiger partial charge is 0.269 e. The number of nitro benzene ring substituents is 1. The lowest BCUT2D eigenvalue weighted by atomic mass is 10.1. The van der Waals surface area contributed by atoms with E-state index >= 15 is 0 Å². The van der Waals surface area contributed by atoms with Gasteiger partial charge >= 0.3 is 0 Å². The normalized spacial score (nSPS) is 10.5. The first-order valence-corrected chi connectivity index (χ1v) is 10.2. The van der Waals surface area contributed by atoms with E-state index in [1.807, 2.05) is 12.1 Å². The first-order valence-electron chi connectivity index (χ1n) is 9.39. The molecule has 8 nitrogen and oxygen atoms in total. The Morgan fingerprint density at radius 1 is 1.12 bits per heavy atom. The Morgan fingerprint density at radius 2 is 1.94 bits per heavy atom. The first-order chi connectivity index (χ1) is 15.5. The Labute approximate surface area is 192 Å². The number of nitro groups is 1. The minimum atomic E-state index is -0.460. The van der Waals surface area contributed by atoms with Gasteiger partial charge < -0.3 is 14.3 Å². The second-order valence-corrected chi connectivity index (χ2v) is 7.37. The molecular weight excluding hydrogens is 478 g/mol. The summed E-state index contributed by atoms with van der Waals surface area (Å²) in [6, 6.07) is 19.0. The number of hydrogen-bond donors (Lipinski definition) is 0. The van der Waals surface area contributed by atoms with Crippen LogP contribution < -0.4 is 9.47 Å². The van der Waals surface area contributed by atoms with Gasteiger partial charge in [-0.25, -0.2) is 0 Å². The van der Waals surface area contributed by atoms with Gasteiger partial charge in [0.25, 0.3) is 5.69 Å². The van der Waals surface area contributed by atoms with Crippen LogP contribution in [0.25, 0.3) is 0 Å². The van der Waals surface area contributed by atoms with Gasteiger partial charge in [-0.2, -0.15) is 5.26 Å². The zero-order valence-corrected chi connectivity index (χ0v) is 18.6. The molecule has 0 aliphatic heterocycles. The molecule has 0 fully saturated rings. The minimum absolute atomic E-state index is 0.00413.